The van der Waals surface area contributed by atoms with E-state index in [1.54, 1.807) is 21.2 Å². The minimum atomic E-state index is -0.323. The van der Waals surface area contributed by atoms with Crippen molar-refractivity contribution < 1.29 is 0 Å². The van der Waals surface area contributed by atoms with Crippen molar-refractivity contribution >= 4 is 37.1 Å². The molecule has 0 saturated heterocycles. The average molecular weight is 521 g/mol. The maximum absolute atomic E-state index is 2.40. The highest BCUT2D eigenvalue weighted by molar-refractivity contribution is 7.74. The maximum Gasteiger partial charge on any atom is -0.0100 e. The summed E-state index contributed by atoms with van der Waals surface area (Å²) in [5, 5.41) is 6.28. The van der Waals surface area contributed by atoms with Crippen molar-refractivity contribution in [3.63, 3.8) is 0 Å². The second-order valence-electron chi connectivity index (χ2n) is 10.8. The van der Waals surface area contributed by atoms with Gasteiger partial charge in [0.2, 0.25) is 0 Å². The summed E-state index contributed by atoms with van der Waals surface area (Å²) in [5.74, 6) is 1.70. The van der Waals surface area contributed by atoms with Crippen molar-refractivity contribution in [3.8, 4) is 0 Å². The van der Waals surface area contributed by atoms with Gasteiger partial charge in [-0.15, -0.1) is 0 Å². The van der Waals surface area contributed by atoms with E-state index < -0.39 is 0 Å². The van der Waals surface area contributed by atoms with Gasteiger partial charge in [0.15, 0.2) is 0 Å². The first-order valence-electron chi connectivity index (χ1n) is 14.2. The standard InChI is InChI=1S/C35H38P2/c1-5-17-30(18-6-1)36(31-19-7-2-8-20-31)34-25-13-15-28(34)27-29-16-14-26-35(29)37(32-21-9-3-10-22-32)33-23-11-4-12-24-33/h1-12,17-24,28-29,34-35H,13-16,25-27H2/t28-,29-,34?,35?/m1/s1. The Hall–Kier alpha value is -2.26. The topological polar surface area (TPSA) is 0 Å². The molecule has 4 atom stereocenters. The smallest absolute Gasteiger partial charge is 0.0100 e. The van der Waals surface area contributed by atoms with Crippen LogP contribution in [0, 0.1) is 11.8 Å². The first kappa shape index (κ1) is 25.0. The molecule has 0 aliphatic heterocycles. The molecule has 188 valence electrons. The molecular weight excluding hydrogens is 482 g/mol. The van der Waals surface area contributed by atoms with E-state index in [-0.39, 0.29) is 15.8 Å². The van der Waals surface area contributed by atoms with Crippen LogP contribution < -0.4 is 21.2 Å². The fourth-order valence-electron chi connectivity index (χ4n) is 7.07. The number of rotatable bonds is 8. The Morgan fingerprint density at radius 2 is 0.703 bits per heavy atom. The minimum absolute atomic E-state index is 0.323. The van der Waals surface area contributed by atoms with Gasteiger partial charge < -0.3 is 0 Å². The molecule has 0 bridgehead atoms. The van der Waals surface area contributed by atoms with E-state index in [4.69, 9.17) is 0 Å². The zero-order valence-electron chi connectivity index (χ0n) is 21.7. The van der Waals surface area contributed by atoms with Gasteiger partial charge in [0.1, 0.15) is 0 Å². The van der Waals surface area contributed by atoms with Crippen LogP contribution in [0.15, 0.2) is 121 Å². The minimum Gasteiger partial charge on any atom is -0.0622 e. The van der Waals surface area contributed by atoms with Crippen molar-refractivity contribution in [3.05, 3.63) is 121 Å². The quantitative estimate of drug-likeness (QED) is 0.207. The summed E-state index contributed by atoms with van der Waals surface area (Å²) in [6.45, 7) is 0. The van der Waals surface area contributed by atoms with Gasteiger partial charge in [-0.1, -0.05) is 134 Å². The van der Waals surface area contributed by atoms with E-state index in [0.29, 0.717) is 0 Å². The first-order chi connectivity index (χ1) is 18.4. The Kier molecular flexibility index (Phi) is 8.17. The summed E-state index contributed by atoms with van der Waals surface area (Å²) < 4.78 is 0. The summed E-state index contributed by atoms with van der Waals surface area (Å²) in [5.41, 5.74) is 1.61. The lowest BCUT2D eigenvalue weighted by Gasteiger charge is -2.35. The SMILES string of the molecule is c1ccc(P(c2ccccc2)C2CCC[C@@H]2C[C@H]2CCCC2P(c2ccccc2)c2ccccc2)cc1. The second-order valence-corrected chi connectivity index (χ2v) is 15.7. The van der Waals surface area contributed by atoms with Gasteiger partial charge in [0.05, 0.1) is 0 Å². The molecule has 0 aromatic heterocycles. The van der Waals surface area contributed by atoms with Crippen molar-refractivity contribution in [2.75, 3.05) is 0 Å². The Morgan fingerprint density at radius 3 is 1.00 bits per heavy atom. The third kappa shape index (κ3) is 5.62. The van der Waals surface area contributed by atoms with E-state index in [2.05, 4.69) is 121 Å². The third-order valence-corrected chi connectivity index (χ3v) is 14.7. The molecule has 2 saturated carbocycles. The monoisotopic (exact) mass is 520 g/mol. The number of hydrogen-bond donors (Lipinski definition) is 0. The largest absolute Gasteiger partial charge is 0.0622 e. The summed E-state index contributed by atoms with van der Waals surface area (Å²) in [7, 11) is -0.647. The molecule has 2 unspecified atom stereocenters. The van der Waals surface area contributed by atoms with Crippen LogP contribution in [0.2, 0.25) is 0 Å². The van der Waals surface area contributed by atoms with Crippen molar-refractivity contribution in [2.45, 2.75) is 56.3 Å². The van der Waals surface area contributed by atoms with Gasteiger partial charge in [0, 0.05) is 0 Å². The Labute approximate surface area is 226 Å². The highest BCUT2D eigenvalue weighted by atomic mass is 31.1. The van der Waals surface area contributed by atoms with Crippen molar-refractivity contribution in [2.24, 2.45) is 11.8 Å². The summed E-state index contributed by atoms with van der Waals surface area (Å²) >= 11 is 0. The normalized spacial score (nSPS) is 23.6. The van der Waals surface area contributed by atoms with Crippen LogP contribution in [0.4, 0.5) is 0 Å². The fourth-order valence-corrected chi connectivity index (χ4v) is 13.4. The molecule has 0 radical (unpaired) electrons. The molecule has 0 heterocycles. The predicted octanol–water partition coefficient (Wildman–Crippen LogP) is 7.98. The van der Waals surface area contributed by atoms with Gasteiger partial charge in [-0.05, 0) is 92.3 Å². The molecule has 0 spiro atoms. The molecule has 2 heteroatoms. The van der Waals surface area contributed by atoms with Crippen molar-refractivity contribution in [1.29, 1.82) is 0 Å². The van der Waals surface area contributed by atoms with Crippen LogP contribution in [-0.2, 0) is 0 Å². The first-order valence-corrected chi connectivity index (χ1v) is 17.0. The third-order valence-electron chi connectivity index (χ3n) is 8.64. The van der Waals surface area contributed by atoms with Crippen LogP contribution in [0.1, 0.15) is 44.9 Å². The molecule has 2 aliphatic carbocycles. The number of benzene rings is 4. The van der Waals surface area contributed by atoms with E-state index >= 15 is 0 Å². The molecule has 6 rings (SSSR count). The average Bonchev–Trinajstić information content (AvgIpc) is 3.62. The fraction of sp³-hybridized carbons (Fsp3) is 0.314. The Bertz CT molecular complexity index is 1050. The van der Waals surface area contributed by atoms with Gasteiger partial charge >= 0.3 is 0 Å². The predicted molar refractivity (Wildman–Crippen MR) is 165 cm³/mol. The summed E-state index contributed by atoms with van der Waals surface area (Å²) in [4.78, 5) is 0. The van der Waals surface area contributed by atoms with Crippen LogP contribution >= 0.6 is 15.8 Å². The van der Waals surface area contributed by atoms with Crippen LogP contribution in [0.5, 0.6) is 0 Å². The highest BCUT2D eigenvalue weighted by Crippen LogP contribution is 2.56. The molecule has 0 amide bonds. The maximum atomic E-state index is 2.40. The molecule has 2 fully saturated rings. The molecule has 37 heavy (non-hydrogen) atoms. The number of hydrogen-bond acceptors (Lipinski definition) is 0. The van der Waals surface area contributed by atoms with Gasteiger partial charge in [-0.2, -0.15) is 0 Å². The molecule has 0 N–H and O–H groups in total. The van der Waals surface area contributed by atoms with Crippen LogP contribution in [0.3, 0.4) is 0 Å². The lowest BCUT2D eigenvalue weighted by molar-refractivity contribution is 0.390. The van der Waals surface area contributed by atoms with Gasteiger partial charge in [0.25, 0.3) is 0 Å². The van der Waals surface area contributed by atoms with Crippen molar-refractivity contribution in [1.82, 2.24) is 0 Å². The van der Waals surface area contributed by atoms with E-state index in [9.17, 15) is 0 Å². The van der Waals surface area contributed by atoms with E-state index in [1.807, 2.05) is 0 Å². The van der Waals surface area contributed by atoms with Crippen LogP contribution in [-0.4, -0.2) is 11.3 Å². The molecular formula is C35H38P2. The zero-order valence-corrected chi connectivity index (χ0v) is 23.5. The molecule has 4 aromatic rings. The van der Waals surface area contributed by atoms with Gasteiger partial charge in [-0.3, -0.25) is 0 Å². The lowest BCUT2D eigenvalue weighted by Crippen LogP contribution is -2.29. The molecule has 4 aromatic carbocycles. The summed E-state index contributed by atoms with van der Waals surface area (Å²) in [6, 6.07) is 45.9. The van der Waals surface area contributed by atoms with E-state index in [1.165, 1.54) is 44.9 Å². The van der Waals surface area contributed by atoms with Gasteiger partial charge in [-0.25, -0.2) is 0 Å². The lowest BCUT2D eigenvalue weighted by atomic mass is 9.91. The summed E-state index contributed by atoms with van der Waals surface area (Å²) in [6.07, 6.45) is 9.84. The molecule has 2 aliphatic rings. The van der Waals surface area contributed by atoms with Crippen LogP contribution in [0.25, 0.3) is 0 Å². The second kappa shape index (κ2) is 12.1. The Morgan fingerprint density at radius 1 is 0.405 bits per heavy atom. The Balaban J connectivity index is 1.29. The van der Waals surface area contributed by atoms with E-state index in [0.717, 1.165) is 23.2 Å². The molecule has 0 nitrogen and oxygen atoms in total. The zero-order chi connectivity index (χ0) is 24.9. The highest BCUT2D eigenvalue weighted by Gasteiger charge is 2.41.